The van der Waals surface area contributed by atoms with E-state index in [0.29, 0.717) is 12.3 Å². The third kappa shape index (κ3) is 3.17. The molecule has 2 aromatic heterocycles. The summed E-state index contributed by atoms with van der Waals surface area (Å²) < 4.78 is 14.0. The van der Waals surface area contributed by atoms with Crippen molar-refractivity contribution in [2.75, 3.05) is 13.7 Å². The highest BCUT2D eigenvalue weighted by atomic mass is 16.5. The lowest BCUT2D eigenvalue weighted by atomic mass is 10.1. The van der Waals surface area contributed by atoms with Crippen LogP contribution in [0.5, 0.6) is 11.5 Å². The molecule has 27 heavy (non-hydrogen) atoms. The number of imidazole rings is 1. The largest absolute Gasteiger partial charge is 0.497 e. The lowest BCUT2D eigenvalue weighted by molar-refractivity contribution is 0.340. The zero-order valence-electron chi connectivity index (χ0n) is 15.1. The van der Waals surface area contributed by atoms with Crippen LogP contribution in [0.2, 0.25) is 0 Å². The second-order valence-electron chi connectivity index (χ2n) is 5.99. The third-order valence-corrected chi connectivity index (χ3v) is 4.31. The van der Waals surface area contributed by atoms with Gasteiger partial charge in [0.05, 0.1) is 19.4 Å². The number of methoxy groups -OCH3 is 1. The lowest BCUT2D eigenvalue weighted by Gasteiger charge is -2.07. The van der Waals surface area contributed by atoms with Crippen LogP contribution in [0.15, 0.2) is 71.9 Å². The zero-order valence-corrected chi connectivity index (χ0v) is 15.1. The fraction of sp³-hybridized carbons (Fsp3) is 0.143. The van der Waals surface area contributed by atoms with Crippen LogP contribution < -0.4 is 15.0 Å². The van der Waals surface area contributed by atoms with Crippen molar-refractivity contribution < 1.29 is 9.47 Å². The van der Waals surface area contributed by atoms with Gasteiger partial charge in [0.1, 0.15) is 11.5 Å². The molecule has 0 atom stereocenters. The van der Waals surface area contributed by atoms with Crippen molar-refractivity contribution in [1.82, 2.24) is 14.0 Å². The van der Waals surface area contributed by atoms with Crippen LogP contribution in [0.1, 0.15) is 6.92 Å². The van der Waals surface area contributed by atoms with Gasteiger partial charge < -0.3 is 13.9 Å². The van der Waals surface area contributed by atoms with Crippen LogP contribution in [0.4, 0.5) is 0 Å². The molecule has 2 heterocycles. The van der Waals surface area contributed by atoms with Gasteiger partial charge in [0.2, 0.25) is 5.65 Å². The number of fused-ring (bicyclic) bond motifs is 1. The van der Waals surface area contributed by atoms with Crippen molar-refractivity contribution in [2.24, 2.45) is 0 Å². The van der Waals surface area contributed by atoms with E-state index in [0.717, 1.165) is 28.4 Å². The standard InChI is InChI=1S/C21H19N3O3/c1-3-27-17-9-7-16(8-10-17)24-12-11-23-14-19(22-20(23)21(24)25)15-5-4-6-18(13-15)26-2/h4-14H,3H2,1-2H3. The topological polar surface area (TPSA) is 57.8 Å². The summed E-state index contributed by atoms with van der Waals surface area (Å²) in [6, 6.07) is 15.0. The number of nitrogens with zero attached hydrogens (tertiary/aromatic N) is 3. The fourth-order valence-electron chi connectivity index (χ4n) is 2.97. The van der Waals surface area contributed by atoms with Crippen molar-refractivity contribution >= 4 is 5.65 Å². The lowest BCUT2D eigenvalue weighted by Crippen LogP contribution is -2.19. The van der Waals surface area contributed by atoms with E-state index in [4.69, 9.17) is 9.47 Å². The Kier molecular flexibility index (Phi) is 4.38. The number of ether oxygens (including phenoxy) is 2. The Morgan fingerprint density at radius 1 is 1.04 bits per heavy atom. The van der Waals surface area contributed by atoms with E-state index >= 15 is 0 Å². The van der Waals surface area contributed by atoms with Gasteiger partial charge in [-0.2, -0.15) is 0 Å². The van der Waals surface area contributed by atoms with E-state index < -0.39 is 0 Å². The molecule has 0 bridgehead atoms. The molecule has 0 amide bonds. The molecule has 4 rings (SSSR count). The first kappa shape index (κ1) is 16.9. The molecule has 0 saturated heterocycles. The first-order chi connectivity index (χ1) is 13.2. The summed E-state index contributed by atoms with van der Waals surface area (Å²) in [7, 11) is 1.62. The highest BCUT2D eigenvalue weighted by Crippen LogP contribution is 2.23. The molecule has 0 aliphatic heterocycles. The minimum absolute atomic E-state index is 0.184. The first-order valence-corrected chi connectivity index (χ1v) is 8.67. The molecule has 136 valence electrons. The Labute approximate surface area is 156 Å². The van der Waals surface area contributed by atoms with Crippen LogP contribution in [-0.4, -0.2) is 27.7 Å². The van der Waals surface area contributed by atoms with Crippen molar-refractivity contribution in [3.05, 3.63) is 77.5 Å². The van der Waals surface area contributed by atoms with Gasteiger partial charge >= 0.3 is 0 Å². The van der Waals surface area contributed by atoms with E-state index in [1.807, 2.05) is 67.8 Å². The summed E-state index contributed by atoms with van der Waals surface area (Å²) in [4.78, 5) is 17.5. The van der Waals surface area contributed by atoms with Crippen molar-refractivity contribution in [3.63, 3.8) is 0 Å². The zero-order chi connectivity index (χ0) is 18.8. The number of benzene rings is 2. The Balaban J connectivity index is 1.77. The quantitative estimate of drug-likeness (QED) is 0.545. The number of aromatic nitrogens is 3. The summed E-state index contributed by atoms with van der Waals surface area (Å²) in [6.45, 7) is 2.54. The predicted molar refractivity (Wildman–Crippen MR) is 104 cm³/mol. The molecule has 0 saturated carbocycles. The monoisotopic (exact) mass is 361 g/mol. The van der Waals surface area contributed by atoms with E-state index in [9.17, 15) is 4.79 Å². The van der Waals surface area contributed by atoms with Crippen LogP contribution in [0.3, 0.4) is 0 Å². The molecule has 0 radical (unpaired) electrons. The smallest absolute Gasteiger partial charge is 0.298 e. The molecule has 0 N–H and O–H groups in total. The predicted octanol–water partition coefficient (Wildman–Crippen LogP) is 3.56. The molecular weight excluding hydrogens is 342 g/mol. The van der Waals surface area contributed by atoms with Crippen LogP contribution in [0.25, 0.3) is 22.6 Å². The van der Waals surface area contributed by atoms with Crippen LogP contribution in [-0.2, 0) is 0 Å². The summed E-state index contributed by atoms with van der Waals surface area (Å²) >= 11 is 0. The highest BCUT2D eigenvalue weighted by Gasteiger charge is 2.11. The number of hydrogen-bond donors (Lipinski definition) is 0. The molecule has 0 aliphatic rings. The van der Waals surface area contributed by atoms with Gasteiger partial charge in [-0.25, -0.2) is 4.98 Å². The van der Waals surface area contributed by atoms with Crippen molar-refractivity contribution in [3.8, 4) is 28.4 Å². The van der Waals surface area contributed by atoms with Gasteiger partial charge in [-0.05, 0) is 43.3 Å². The third-order valence-electron chi connectivity index (χ3n) is 4.31. The summed E-state index contributed by atoms with van der Waals surface area (Å²) in [6.07, 6.45) is 5.40. The molecule has 0 aliphatic carbocycles. The van der Waals surface area contributed by atoms with E-state index in [1.54, 1.807) is 22.3 Å². The molecule has 6 heteroatoms. The average molecular weight is 361 g/mol. The summed E-state index contributed by atoms with van der Waals surface area (Å²) in [5, 5.41) is 0. The maximum atomic E-state index is 12.9. The van der Waals surface area contributed by atoms with E-state index in [1.165, 1.54) is 0 Å². The van der Waals surface area contributed by atoms with Crippen LogP contribution in [0, 0.1) is 0 Å². The number of hydrogen-bond acceptors (Lipinski definition) is 4. The second-order valence-corrected chi connectivity index (χ2v) is 5.99. The molecule has 6 nitrogen and oxygen atoms in total. The van der Waals surface area contributed by atoms with E-state index in [2.05, 4.69) is 4.98 Å². The molecule has 2 aromatic carbocycles. The minimum atomic E-state index is -0.184. The maximum absolute atomic E-state index is 12.9. The van der Waals surface area contributed by atoms with Crippen molar-refractivity contribution in [2.45, 2.75) is 6.92 Å². The highest BCUT2D eigenvalue weighted by molar-refractivity contribution is 5.64. The van der Waals surface area contributed by atoms with E-state index in [-0.39, 0.29) is 5.56 Å². The Bertz CT molecular complexity index is 1140. The first-order valence-electron chi connectivity index (χ1n) is 8.67. The second kappa shape index (κ2) is 6.99. The maximum Gasteiger partial charge on any atom is 0.298 e. The van der Waals surface area contributed by atoms with Gasteiger partial charge in [-0.1, -0.05) is 12.1 Å². The normalized spacial score (nSPS) is 10.9. The number of rotatable bonds is 5. The fourth-order valence-corrected chi connectivity index (χ4v) is 2.97. The van der Waals surface area contributed by atoms with Gasteiger partial charge in [-0.3, -0.25) is 9.36 Å². The Morgan fingerprint density at radius 3 is 2.59 bits per heavy atom. The summed E-state index contributed by atoms with van der Waals surface area (Å²) in [5.74, 6) is 1.52. The summed E-state index contributed by atoms with van der Waals surface area (Å²) in [5.41, 5.74) is 2.55. The molecule has 0 fully saturated rings. The van der Waals surface area contributed by atoms with Gasteiger partial charge in [0, 0.05) is 29.8 Å². The average Bonchev–Trinajstić information content (AvgIpc) is 3.15. The van der Waals surface area contributed by atoms with Gasteiger partial charge in [0.15, 0.2) is 0 Å². The van der Waals surface area contributed by atoms with Crippen molar-refractivity contribution in [1.29, 1.82) is 0 Å². The van der Waals surface area contributed by atoms with Gasteiger partial charge in [-0.15, -0.1) is 0 Å². The Hall–Kier alpha value is -3.54. The minimum Gasteiger partial charge on any atom is -0.497 e. The molecular formula is C21H19N3O3. The molecule has 0 unspecified atom stereocenters. The van der Waals surface area contributed by atoms with Gasteiger partial charge in [0.25, 0.3) is 5.56 Å². The SMILES string of the molecule is CCOc1ccc(-n2ccn3cc(-c4cccc(OC)c4)nc3c2=O)cc1. The Morgan fingerprint density at radius 2 is 1.85 bits per heavy atom. The molecule has 0 spiro atoms. The van der Waals surface area contributed by atoms with Crippen LogP contribution >= 0.6 is 0 Å². The molecule has 4 aromatic rings.